The molecule has 49 heavy (non-hydrogen) atoms. The highest BCUT2D eigenvalue weighted by atomic mass is 16.5. The Balaban J connectivity index is 1.12. The fourth-order valence-electron chi connectivity index (χ4n) is 14.2. The molecule has 1 N–H and O–H groups in total. The molecule has 5 aliphatic carbocycles. The maximum atomic E-state index is 13.2. The lowest BCUT2D eigenvalue weighted by Gasteiger charge is -2.73. The lowest BCUT2D eigenvalue weighted by atomic mass is 9.32. The molecule has 5 saturated carbocycles. The van der Waals surface area contributed by atoms with Gasteiger partial charge in [-0.05, 0) is 129 Å². The quantitative estimate of drug-likeness (QED) is 0.0945. The standard InChI is InChI=1S/C46H80O3/c1-9-10-11-12-13-14-15-16-17-18-19-20-21-22-40(48)49-39-27-28-43(6)37(42(39,4)5)26-29-45(8)38(43)24-23-36-41-35(34(2)3)25-30-46(41,33-47)32-31-44(36,45)7/h35-39,41,47H,2,9-33H2,1,3-8H3/t35?,36-,37-,38+,39?,41+,43+,44-,45-,46-/m1/s1. The summed E-state index contributed by atoms with van der Waals surface area (Å²) in [5, 5.41) is 10.8. The topological polar surface area (TPSA) is 46.5 Å². The molecule has 5 rings (SSSR count). The molecule has 0 aromatic heterocycles. The van der Waals surface area contributed by atoms with Crippen LogP contribution in [0.5, 0.6) is 0 Å². The van der Waals surface area contributed by atoms with Gasteiger partial charge in [-0.15, -0.1) is 0 Å². The third-order valence-corrected chi connectivity index (χ3v) is 17.3. The lowest BCUT2D eigenvalue weighted by Crippen LogP contribution is -2.67. The van der Waals surface area contributed by atoms with Gasteiger partial charge in [0.15, 0.2) is 0 Å². The summed E-state index contributed by atoms with van der Waals surface area (Å²) in [6.45, 7) is 22.3. The Bertz CT molecular complexity index is 1110. The van der Waals surface area contributed by atoms with Crippen LogP contribution in [-0.2, 0) is 9.53 Å². The van der Waals surface area contributed by atoms with Crippen molar-refractivity contribution in [3.63, 3.8) is 0 Å². The molecule has 282 valence electrons. The minimum Gasteiger partial charge on any atom is -0.462 e. The first-order valence-electron chi connectivity index (χ1n) is 21.8. The molecule has 3 heteroatoms. The number of unbranched alkanes of at least 4 members (excludes halogenated alkanes) is 12. The van der Waals surface area contributed by atoms with Crippen molar-refractivity contribution in [2.24, 2.45) is 56.7 Å². The van der Waals surface area contributed by atoms with Gasteiger partial charge in [-0.3, -0.25) is 4.79 Å². The normalized spacial score (nSPS) is 40.9. The second-order valence-corrected chi connectivity index (χ2v) is 20.0. The lowest BCUT2D eigenvalue weighted by molar-refractivity contribution is -0.251. The number of rotatable bonds is 17. The van der Waals surface area contributed by atoms with E-state index in [9.17, 15) is 9.90 Å². The molecule has 5 fully saturated rings. The first-order chi connectivity index (χ1) is 23.3. The van der Waals surface area contributed by atoms with Crippen LogP contribution in [-0.4, -0.2) is 23.8 Å². The molecule has 0 saturated heterocycles. The first kappa shape index (κ1) is 39.4. The summed E-state index contributed by atoms with van der Waals surface area (Å²) in [5.41, 5.74) is 2.40. The first-order valence-corrected chi connectivity index (χ1v) is 21.8. The van der Waals surface area contributed by atoms with Gasteiger partial charge in [0.2, 0.25) is 0 Å². The van der Waals surface area contributed by atoms with Gasteiger partial charge >= 0.3 is 5.97 Å². The number of allylic oxidation sites excluding steroid dienone is 1. The highest BCUT2D eigenvalue weighted by Crippen LogP contribution is 2.77. The fourth-order valence-corrected chi connectivity index (χ4v) is 14.2. The maximum absolute atomic E-state index is 13.2. The zero-order valence-electron chi connectivity index (χ0n) is 33.6. The van der Waals surface area contributed by atoms with E-state index in [1.807, 2.05) is 0 Å². The summed E-state index contributed by atoms with van der Waals surface area (Å²) in [6.07, 6.45) is 30.2. The Morgan fingerprint density at radius 3 is 1.90 bits per heavy atom. The number of esters is 1. The number of carbonyl (C=O) groups is 1. The zero-order chi connectivity index (χ0) is 35.5. The molecule has 10 atom stereocenters. The number of aliphatic hydroxyl groups is 1. The highest BCUT2D eigenvalue weighted by Gasteiger charge is 2.71. The average molecular weight is 681 g/mol. The van der Waals surface area contributed by atoms with Gasteiger partial charge in [0, 0.05) is 18.4 Å². The van der Waals surface area contributed by atoms with Gasteiger partial charge in [-0.25, -0.2) is 0 Å². The van der Waals surface area contributed by atoms with Crippen molar-refractivity contribution >= 4 is 5.97 Å². The van der Waals surface area contributed by atoms with Crippen molar-refractivity contribution in [2.45, 2.75) is 209 Å². The van der Waals surface area contributed by atoms with E-state index < -0.39 is 0 Å². The number of hydrogen-bond acceptors (Lipinski definition) is 3. The largest absolute Gasteiger partial charge is 0.462 e. The third kappa shape index (κ3) is 7.38. The second kappa shape index (κ2) is 16.0. The minimum absolute atomic E-state index is 0.00680. The van der Waals surface area contributed by atoms with Crippen LogP contribution in [0.1, 0.15) is 203 Å². The van der Waals surface area contributed by atoms with E-state index >= 15 is 0 Å². The summed E-state index contributed by atoms with van der Waals surface area (Å²) in [4.78, 5) is 13.2. The van der Waals surface area contributed by atoms with Crippen LogP contribution in [0, 0.1) is 56.7 Å². The van der Waals surface area contributed by atoms with Crippen LogP contribution in [0.3, 0.4) is 0 Å². The maximum Gasteiger partial charge on any atom is 0.306 e. The highest BCUT2D eigenvalue weighted by molar-refractivity contribution is 5.69. The van der Waals surface area contributed by atoms with Crippen LogP contribution in [0.25, 0.3) is 0 Å². The predicted molar refractivity (Wildman–Crippen MR) is 206 cm³/mol. The molecule has 0 amide bonds. The van der Waals surface area contributed by atoms with E-state index in [4.69, 9.17) is 4.74 Å². The van der Waals surface area contributed by atoms with Gasteiger partial charge in [-0.2, -0.15) is 0 Å². The molecule has 0 bridgehead atoms. The van der Waals surface area contributed by atoms with Crippen molar-refractivity contribution in [3.05, 3.63) is 12.2 Å². The molecule has 0 spiro atoms. The number of carbonyl (C=O) groups excluding carboxylic acids is 1. The molecule has 0 heterocycles. The molecular weight excluding hydrogens is 601 g/mol. The van der Waals surface area contributed by atoms with Crippen LogP contribution in [0.4, 0.5) is 0 Å². The number of fused-ring (bicyclic) bond motifs is 7. The van der Waals surface area contributed by atoms with Crippen LogP contribution < -0.4 is 0 Å². The Kier molecular flexibility index (Phi) is 12.9. The van der Waals surface area contributed by atoms with Crippen molar-refractivity contribution < 1.29 is 14.6 Å². The van der Waals surface area contributed by atoms with Crippen LogP contribution in [0.15, 0.2) is 12.2 Å². The van der Waals surface area contributed by atoms with E-state index in [0.29, 0.717) is 53.4 Å². The Labute approximate surface area is 304 Å². The van der Waals surface area contributed by atoms with Crippen molar-refractivity contribution in [2.75, 3.05) is 6.61 Å². The van der Waals surface area contributed by atoms with Crippen molar-refractivity contribution in [1.82, 2.24) is 0 Å². The van der Waals surface area contributed by atoms with E-state index in [1.54, 1.807) is 0 Å². The predicted octanol–water partition coefficient (Wildman–Crippen LogP) is 13.0. The van der Waals surface area contributed by atoms with Gasteiger partial charge in [0.05, 0.1) is 0 Å². The number of aliphatic hydroxyl groups excluding tert-OH is 1. The molecule has 0 aromatic rings. The smallest absolute Gasteiger partial charge is 0.306 e. The molecule has 3 nitrogen and oxygen atoms in total. The van der Waals surface area contributed by atoms with Crippen LogP contribution >= 0.6 is 0 Å². The minimum atomic E-state index is 0.00680. The summed E-state index contributed by atoms with van der Waals surface area (Å²) < 4.78 is 6.41. The zero-order valence-corrected chi connectivity index (χ0v) is 33.6. The molecule has 2 unspecified atom stereocenters. The second-order valence-electron chi connectivity index (χ2n) is 20.0. The molecular formula is C46H80O3. The number of ether oxygens (including phenoxy) is 1. The van der Waals surface area contributed by atoms with Gasteiger partial charge in [0.25, 0.3) is 0 Å². The van der Waals surface area contributed by atoms with E-state index in [0.717, 1.165) is 19.3 Å². The third-order valence-electron chi connectivity index (χ3n) is 17.3. The van der Waals surface area contributed by atoms with Crippen molar-refractivity contribution in [3.8, 4) is 0 Å². The van der Waals surface area contributed by atoms with E-state index in [2.05, 4.69) is 55.0 Å². The summed E-state index contributed by atoms with van der Waals surface area (Å²) in [5.74, 6) is 3.22. The summed E-state index contributed by atoms with van der Waals surface area (Å²) in [7, 11) is 0. The molecule has 5 aliphatic rings. The van der Waals surface area contributed by atoms with Crippen molar-refractivity contribution in [1.29, 1.82) is 0 Å². The van der Waals surface area contributed by atoms with Crippen LogP contribution in [0.2, 0.25) is 0 Å². The Morgan fingerprint density at radius 1 is 0.694 bits per heavy atom. The Morgan fingerprint density at radius 2 is 1.31 bits per heavy atom. The Hall–Kier alpha value is -0.830. The summed E-state index contributed by atoms with van der Waals surface area (Å²) >= 11 is 0. The molecule has 0 radical (unpaired) electrons. The van der Waals surface area contributed by atoms with E-state index in [1.165, 1.54) is 134 Å². The summed E-state index contributed by atoms with van der Waals surface area (Å²) in [6, 6.07) is 0. The molecule has 0 aromatic carbocycles. The van der Waals surface area contributed by atoms with Gasteiger partial charge in [-0.1, -0.05) is 131 Å². The monoisotopic (exact) mass is 681 g/mol. The average Bonchev–Trinajstić information content (AvgIpc) is 3.45. The van der Waals surface area contributed by atoms with E-state index in [-0.39, 0.29) is 28.3 Å². The van der Waals surface area contributed by atoms with Gasteiger partial charge < -0.3 is 9.84 Å². The van der Waals surface area contributed by atoms with Gasteiger partial charge in [0.1, 0.15) is 6.10 Å². The molecule has 0 aliphatic heterocycles. The SMILES string of the molecule is C=C(C)C1CC[C@]2(CO)CC[C@]3(C)[C@H](CC[C@H]4[C@@]5(C)CCC(OC(=O)CCCCCCCCCCCCCCC)C(C)(C)[C@H]5CC[C@]43C)[C@H]12. The number of hydrogen-bond donors (Lipinski definition) is 1. The fraction of sp³-hybridized carbons (Fsp3) is 0.935.